The summed E-state index contributed by atoms with van der Waals surface area (Å²) in [5.74, 6) is 0.633. The Morgan fingerprint density at radius 3 is 2.61 bits per heavy atom. The maximum absolute atomic E-state index is 11.6. The molecule has 1 saturated heterocycles. The number of nitrogens with zero attached hydrogens (tertiary/aromatic N) is 4. The van der Waals surface area contributed by atoms with Gasteiger partial charge in [0.25, 0.3) is 0 Å². The summed E-state index contributed by atoms with van der Waals surface area (Å²) in [6.07, 6.45) is 2.93. The minimum atomic E-state index is -0.255. The Balaban J connectivity index is 1.54. The topological polar surface area (TPSA) is 110 Å². The fourth-order valence-corrected chi connectivity index (χ4v) is 5.30. The Morgan fingerprint density at radius 2 is 2.00 bits per heavy atom. The van der Waals surface area contributed by atoms with Crippen molar-refractivity contribution in [2.24, 2.45) is 11.7 Å². The first kappa shape index (κ1) is 20.0. The van der Waals surface area contributed by atoms with Gasteiger partial charge in [0.2, 0.25) is 22.6 Å². The quantitative estimate of drug-likeness (QED) is 0.473. The molecule has 4 aromatic rings. The number of hydrogen-bond acceptors (Lipinski definition) is 7. The Hall–Kier alpha value is -2.88. The summed E-state index contributed by atoms with van der Waals surface area (Å²) >= 11 is 7.48. The Labute approximate surface area is 186 Å². The molecular weight excluding hydrogens is 438 g/mol. The van der Waals surface area contributed by atoms with Crippen molar-refractivity contribution in [1.82, 2.24) is 19.5 Å². The second-order valence-corrected chi connectivity index (χ2v) is 9.01. The molecule has 0 bridgehead atoms. The summed E-state index contributed by atoms with van der Waals surface area (Å²) in [7, 11) is 0. The summed E-state index contributed by atoms with van der Waals surface area (Å²) in [5.41, 5.74) is 6.50. The van der Waals surface area contributed by atoms with E-state index in [0.717, 1.165) is 10.4 Å². The van der Waals surface area contributed by atoms with Crippen molar-refractivity contribution in [1.29, 1.82) is 0 Å². The lowest BCUT2D eigenvalue weighted by atomic mass is 9.93. The lowest BCUT2D eigenvalue weighted by Gasteiger charge is -2.36. The highest BCUT2D eigenvalue weighted by molar-refractivity contribution is 7.17. The highest BCUT2D eigenvalue weighted by Crippen LogP contribution is 2.42. The van der Waals surface area contributed by atoms with Crippen LogP contribution in [0.2, 0.25) is 5.02 Å². The molecule has 160 valence electrons. The molecule has 1 aromatic carbocycles. The number of thiazole rings is 1. The number of carbonyl (C=O) groups is 1. The molecule has 0 radical (unpaired) electrons. The number of aromatic nitrogens is 3. The number of piperidine rings is 1. The summed E-state index contributed by atoms with van der Waals surface area (Å²) in [6, 6.07) is 10.9. The van der Waals surface area contributed by atoms with E-state index >= 15 is 0 Å². The van der Waals surface area contributed by atoms with Gasteiger partial charge in [-0.25, -0.2) is 0 Å². The van der Waals surface area contributed by atoms with Crippen molar-refractivity contribution in [2.75, 3.05) is 13.1 Å². The number of amides is 1. The molecule has 0 aliphatic carbocycles. The van der Waals surface area contributed by atoms with Crippen LogP contribution in [0.4, 0.5) is 0 Å². The Morgan fingerprint density at radius 1 is 1.26 bits per heavy atom. The van der Waals surface area contributed by atoms with E-state index in [1.54, 1.807) is 18.4 Å². The molecule has 1 atom stereocenters. The van der Waals surface area contributed by atoms with Crippen molar-refractivity contribution >= 4 is 33.8 Å². The summed E-state index contributed by atoms with van der Waals surface area (Å²) in [5, 5.41) is 16.1. The smallest absolute Gasteiger partial charge is 0.230 e. The number of primary amides is 1. The van der Waals surface area contributed by atoms with E-state index in [2.05, 4.69) is 15.0 Å². The van der Waals surface area contributed by atoms with E-state index in [0.29, 0.717) is 47.5 Å². The van der Waals surface area contributed by atoms with Crippen LogP contribution in [0.3, 0.4) is 0 Å². The molecule has 0 saturated carbocycles. The third kappa shape index (κ3) is 3.69. The van der Waals surface area contributed by atoms with E-state index in [1.807, 2.05) is 24.3 Å². The molecule has 4 heterocycles. The molecular formula is C21H20ClN5O3S. The molecule has 1 aliphatic heterocycles. The predicted octanol–water partition coefficient (Wildman–Crippen LogP) is 3.70. The molecule has 1 aliphatic rings. The van der Waals surface area contributed by atoms with Crippen LogP contribution in [0, 0.1) is 5.92 Å². The zero-order valence-corrected chi connectivity index (χ0v) is 18.0. The fraction of sp³-hybridized carbons (Fsp3) is 0.286. The minimum Gasteiger partial charge on any atom is -0.492 e. The third-order valence-electron chi connectivity index (χ3n) is 5.67. The standard InChI is InChI=1S/C21H20ClN5O3S/c22-14-5-3-12(4-6-14)16(26-9-7-13(8-10-26)18(23)28)17-20(29)27-21(31-17)24-19(25-27)15-2-1-11-30-15/h1-6,11,13,16,29H,7-10H2,(H2,23,28)/t16-/m0/s1. The molecule has 3 N–H and O–H groups in total. The van der Waals surface area contributed by atoms with E-state index in [1.165, 1.54) is 15.9 Å². The molecule has 0 spiro atoms. The van der Waals surface area contributed by atoms with Crippen LogP contribution >= 0.6 is 22.9 Å². The zero-order valence-electron chi connectivity index (χ0n) is 16.4. The molecule has 8 nitrogen and oxygen atoms in total. The van der Waals surface area contributed by atoms with E-state index in [9.17, 15) is 9.90 Å². The van der Waals surface area contributed by atoms with Gasteiger partial charge in [0.15, 0.2) is 5.76 Å². The minimum absolute atomic E-state index is 0.0438. The monoisotopic (exact) mass is 457 g/mol. The van der Waals surface area contributed by atoms with E-state index in [4.69, 9.17) is 21.8 Å². The average Bonchev–Trinajstić information content (AvgIpc) is 3.49. The molecule has 1 amide bonds. The van der Waals surface area contributed by atoms with Crippen molar-refractivity contribution in [3.63, 3.8) is 0 Å². The lowest BCUT2D eigenvalue weighted by molar-refractivity contribution is -0.123. The molecule has 10 heteroatoms. The highest BCUT2D eigenvalue weighted by atomic mass is 35.5. The van der Waals surface area contributed by atoms with Gasteiger partial charge in [0.1, 0.15) is 0 Å². The number of fused-ring (bicyclic) bond motifs is 1. The average molecular weight is 458 g/mol. The van der Waals surface area contributed by atoms with Gasteiger partial charge in [-0.15, -0.1) is 5.10 Å². The summed E-state index contributed by atoms with van der Waals surface area (Å²) < 4.78 is 6.81. The number of hydrogen-bond donors (Lipinski definition) is 2. The lowest BCUT2D eigenvalue weighted by Crippen LogP contribution is -2.40. The molecule has 1 fully saturated rings. The van der Waals surface area contributed by atoms with Crippen molar-refractivity contribution in [3.8, 4) is 17.5 Å². The van der Waals surface area contributed by atoms with Crippen LogP contribution in [0.1, 0.15) is 29.3 Å². The molecule has 5 rings (SSSR count). The van der Waals surface area contributed by atoms with Crippen LogP contribution in [0.5, 0.6) is 5.88 Å². The van der Waals surface area contributed by atoms with Gasteiger partial charge < -0.3 is 15.3 Å². The number of likely N-dealkylation sites (tertiary alicyclic amines) is 1. The van der Waals surface area contributed by atoms with Crippen molar-refractivity contribution < 1.29 is 14.3 Å². The third-order valence-corrected chi connectivity index (χ3v) is 7.00. The van der Waals surface area contributed by atoms with Gasteiger partial charge in [0.05, 0.1) is 17.2 Å². The number of halogens is 1. The SMILES string of the molecule is NC(=O)C1CCN([C@@H](c2ccc(Cl)cc2)c2sc3nc(-c4ccco4)nn3c2O)CC1. The summed E-state index contributed by atoms with van der Waals surface area (Å²) in [6.45, 7) is 1.37. The normalized spacial score (nSPS) is 16.7. The van der Waals surface area contributed by atoms with Gasteiger partial charge in [-0.1, -0.05) is 35.1 Å². The van der Waals surface area contributed by atoms with Gasteiger partial charge in [0, 0.05) is 10.9 Å². The zero-order chi connectivity index (χ0) is 21.5. The van der Waals surface area contributed by atoms with Crippen molar-refractivity contribution in [3.05, 3.63) is 58.1 Å². The second kappa shape index (κ2) is 7.99. The summed E-state index contributed by atoms with van der Waals surface area (Å²) in [4.78, 5) is 19.7. The van der Waals surface area contributed by atoms with Crippen LogP contribution in [-0.4, -0.2) is 43.6 Å². The number of carbonyl (C=O) groups excluding carboxylic acids is 1. The number of aromatic hydroxyl groups is 1. The number of furan rings is 1. The molecule has 0 unspecified atom stereocenters. The first-order valence-electron chi connectivity index (χ1n) is 9.92. The van der Waals surface area contributed by atoms with Gasteiger partial charge in [-0.3, -0.25) is 9.69 Å². The predicted molar refractivity (Wildman–Crippen MR) is 117 cm³/mol. The highest BCUT2D eigenvalue weighted by Gasteiger charge is 2.33. The van der Waals surface area contributed by atoms with Crippen molar-refractivity contribution in [2.45, 2.75) is 18.9 Å². The second-order valence-electron chi connectivity index (χ2n) is 7.56. The maximum Gasteiger partial charge on any atom is 0.230 e. The van der Waals surface area contributed by atoms with Gasteiger partial charge in [-0.2, -0.15) is 9.50 Å². The fourth-order valence-electron chi connectivity index (χ4n) is 4.05. The van der Waals surface area contributed by atoms with Crippen LogP contribution in [-0.2, 0) is 4.79 Å². The molecule has 31 heavy (non-hydrogen) atoms. The van der Waals surface area contributed by atoms with Gasteiger partial charge >= 0.3 is 0 Å². The number of rotatable bonds is 5. The molecule has 3 aromatic heterocycles. The largest absolute Gasteiger partial charge is 0.492 e. The van der Waals surface area contributed by atoms with Gasteiger partial charge in [-0.05, 0) is 55.8 Å². The first-order chi connectivity index (χ1) is 15.0. The van der Waals surface area contributed by atoms with Crippen LogP contribution in [0.25, 0.3) is 16.5 Å². The van der Waals surface area contributed by atoms with Crippen LogP contribution in [0.15, 0.2) is 47.1 Å². The van der Waals surface area contributed by atoms with E-state index in [-0.39, 0.29) is 23.7 Å². The maximum atomic E-state index is 11.6. The number of benzene rings is 1. The first-order valence-corrected chi connectivity index (χ1v) is 11.1. The van der Waals surface area contributed by atoms with E-state index < -0.39 is 0 Å². The number of nitrogens with two attached hydrogens (primary N) is 1. The Kier molecular flexibility index (Phi) is 5.17. The Bertz CT molecular complexity index is 1210. The van der Waals surface area contributed by atoms with Crippen LogP contribution < -0.4 is 5.73 Å².